The molecule has 0 bridgehead atoms. The van der Waals surface area contributed by atoms with Crippen LogP contribution in [0.15, 0.2) is 91.1 Å². The summed E-state index contributed by atoms with van der Waals surface area (Å²) in [5, 5.41) is 5.27. The van der Waals surface area contributed by atoms with Crippen molar-refractivity contribution in [3.63, 3.8) is 0 Å². The number of hydrogen-bond donors (Lipinski definition) is 0. The second-order valence-electron chi connectivity index (χ2n) is 7.13. The van der Waals surface area contributed by atoms with Crippen LogP contribution < -0.4 is 4.74 Å². The minimum atomic E-state index is -0.126. The quantitative estimate of drug-likeness (QED) is 0.240. The summed E-state index contributed by atoms with van der Waals surface area (Å²) in [4.78, 5) is 17.3. The van der Waals surface area contributed by atoms with Crippen molar-refractivity contribution in [2.45, 2.75) is 0 Å². The van der Waals surface area contributed by atoms with Gasteiger partial charge >= 0.3 is 0 Å². The van der Waals surface area contributed by atoms with Crippen molar-refractivity contribution >= 4 is 33.4 Å². The lowest BCUT2D eigenvalue weighted by molar-refractivity contribution is 0.104. The molecule has 6 heteroatoms. The molecule has 0 atom stereocenters. The van der Waals surface area contributed by atoms with E-state index in [1.165, 1.54) is 11.3 Å². The summed E-state index contributed by atoms with van der Waals surface area (Å²) < 4.78 is 8.09. The molecule has 0 spiro atoms. The molecule has 0 aliphatic carbocycles. The lowest BCUT2D eigenvalue weighted by Gasteiger charge is -2.02. The van der Waals surface area contributed by atoms with Crippen LogP contribution in [0.5, 0.6) is 5.75 Å². The standard InChI is InChI=1S/C26H19N3O2S/c1-31-21-14-11-18(12-15-21)25-19(17-29(28-25)20-7-3-2-4-8-20)13-16-23(30)26-27-22-9-5-6-10-24(22)32-26/h2-17H,1H3/b16-13+. The van der Waals surface area contributed by atoms with Crippen molar-refractivity contribution in [2.75, 3.05) is 7.11 Å². The Morgan fingerprint density at radius 3 is 2.47 bits per heavy atom. The monoisotopic (exact) mass is 437 g/mol. The zero-order valence-electron chi connectivity index (χ0n) is 17.3. The second-order valence-corrected chi connectivity index (χ2v) is 8.16. The highest BCUT2D eigenvalue weighted by molar-refractivity contribution is 7.20. The van der Waals surface area contributed by atoms with Crippen LogP contribution in [0.2, 0.25) is 0 Å². The SMILES string of the molecule is COc1ccc(-c2nn(-c3ccccc3)cc2/C=C/C(=O)c2nc3ccccc3s2)cc1. The summed E-state index contributed by atoms with van der Waals surface area (Å²) in [7, 11) is 1.64. The first-order chi connectivity index (χ1) is 15.7. The van der Waals surface area contributed by atoms with Crippen molar-refractivity contribution in [3.05, 3.63) is 102 Å². The summed E-state index contributed by atoms with van der Waals surface area (Å²) in [6.45, 7) is 0. The van der Waals surface area contributed by atoms with Gasteiger partial charge in [0.05, 0.1) is 28.7 Å². The lowest BCUT2D eigenvalue weighted by atomic mass is 10.1. The van der Waals surface area contributed by atoms with Crippen molar-refractivity contribution in [3.8, 4) is 22.7 Å². The van der Waals surface area contributed by atoms with Gasteiger partial charge in [0.25, 0.3) is 0 Å². The third-order valence-corrected chi connectivity index (χ3v) is 6.10. The topological polar surface area (TPSA) is 57.0 Å². The number of thiazole rings is 1. The molecule has 0 unspecified atom stereocenters. The zero-order valence-corrected chi connectivity index (χ0v) is 18.1. The number of carbonyl (C=O) groups excluding carboxylic acids is 1. The average Bonchev–Trinajstić information content (AvgIpc) is 3.48. The highest BCUT2D eigenvalue weighted by atomic mass is 32.1. The molecule has 0 fully saturated rings. The first-order valence-corrected chi connectivity index (χ1v) is 10.9. The lowest BCUT2D eigenvalue weighted by Crippen LogP contribution is -1.94. The number of nitrogens with zero attached hydrogens (tertiary/aromatic N) is 3. The molecule has 5 nitrogen and oxygen atoms in total. The molecular formula is C26H19N3O2S. The Kier molecular flexibility index (Phi) is 5.35. The summed E-state index contributed by atoms with van der Waals surface area (Å²) in [6.07, 6.45) is 5.30. The molecule has 156 valence electrons. The van der Waals surface area contributed by atoms with E-state index in [2.05, 4.69) is 4.98 Å². The van der Waals surface area contributed by atoms with Crippen molar-refractivity contribution in [2.24, 2.45) is 0 Å². The fourth-order valence-corrected chi connectivity index (χ4v) is 4.30. The van der Waals surface area contributed by atoms with Crippen LogP contribution in [0.3, 0.4) is 0 Å². The molecule has 0 aliphatic rings. The molecule has 3 aromatic carbocycles. The summed E-state index contributed by atoms with van der Waals surface area (Å²) in [5.41, 5.74) is 4.34. The number of para-hydroxylation sites is 2. The first kappa shape index (κ1) is 19.9. The molecule has 0 N–H and O–H groups in total. The maximum Gasteiger partial charge on any atom is 0.214 e. The van der Waals surface area contributed by atoms with Crippen molar-refractivity contribution < 1.29 is 9.53 Å². The summed E-state index contributed by atoms with van der Waals surface area (Å²) in [5.74, 6) is 0.652. The van der Waals surface area contributed by atoms with Gasteiger partial charge < -0.3 is 4.74 Å². The first-order valence-electron chi connectivity index (χ1n) is 10.1. The smallest absolute Gasteiger partial charge is 0.214 e. The molecule has 2 aromatic heterocycles. The van der Waals surface area contributed by atoms with Gasteiger partial charge in [-0.25, -0.2) is 9.67 Å². The Morgan fingerprint density at radius 2 is 1.72 bits per heavy atom. The molecule has 2 heterocycles. The Balaban J connectivity index is 1.52. The van der Waals surface area contributed by atoms with Gasteiger partial charge in [0, 0.05) is 17.3 Å². The van der Waals surface area contributed by atoms with Gasteiger partial charge in [-0.3, -0.25) is 4.79 Å². The van der Waals surface area contributed by atoms with E-state index < -0.39 is 0 Å². The van der Waals surface area contributed by atoms with Gasteiger partial charge in [-0.1, -0.05) is 30.3 Å². The molecule has 0 saturated carbocycles. The molecule has 5 aromatic rings. The van der Waals surface area contributed by atoms with Crippen molar-refractivity contribution in [1.29, 1.82) is 0 Å². The maximum atomic E-state index is 12.8. The molecule has 0 saturated heterocycles. The van der Waals surface area contributed by atoms with Gasteiger partial charge in [0.1, 0.15) is 5.75 Å². The number of ketones is 1. The average molecular weight is 438 g/mol. The Bertz CT molecular complexity index is 1380. The van der Waals surface area contributed by atoms with Crippen LogP contribution in [0, 0.1) is 0 Å². The van der Waals surface area contributed by atoms with Crippen LogP contribution in [0.25, 0.3) is 33.2 Å². The number of ether oxygens (including phenoxy) is 1. The molecule has 0 amide bonds. The molecular weight excluding hydrogens is 418 g/mol. The molecule has 5 rings (SSSR count). The highest BCUT2D eigenvalue weighted by Gasteiger charge is 2.13. The fraction of sp³-hybridized carbons (Fsp3) is 0.0385. The Hall–Kier alpha value is -4.03. The van der Waals surface area contributed by atoms with E-state index >= 15 is 0 Å². The number of methoxy groups -OCH3 is 1. The number of fused-ring (bicyclic) bond motifs is 1. The summed E-state index contributed by atoms with van der Waals surface area (Å²) in [6, 6.07) is 25.4. The predicted octanol–water partition coefficient (Wildman–Crippen LogP) is 6.05. The third-order valence-electron chi connectivity index (χ3n) is 5.05. The fourth-order valence-electron chi connectivity index (χ4n) is 3.41. The Morgan fingerprint density at radius 1 is 0.969 bits per heavy atom. The van der Waals surface area contributed by atoms with Crippen LogP contribution in [0.4, 0.5) is 0 Å². The maximum absolute atomic E-state index is 12.8. The Labute approximate surface area is 189 Å². The second kappa shape index (κ2) is 8.61. The van der Waals surface area contributed by atoms with E-state index in [9.17, 15) is 4.79 Å². The molecule has 0 radical (unpaired) electrons. The van der Waals surface area contributed by atoms with E-state index in [1.54, 1.807) is 19.3 Å². The number of benzene rings is 3. The van der Waals surface area contributed by atoms with E-state index in [-0.39, 0.29) is 5.78 Å². The van der Waals surface area contributed by atoms with Crippen LogP contribution >= 0.6 is 11.3 Å². The minimum Gasteiger partial charge on any atom is -0.497 e. The van der Waals surface area contributed by atoms with Gasteiger partial charge in [-0.15, -0.1) is 11.3 Å². The van der Waals surface area contributed by atoms with Crippen LogP contribution in [-0.4, -0.2) is 27.7 Å². The normalized spacial score (nSPS) is 11.3. The minimum absolute atomic E-state index is 0.126. The number of carbonyl (C=O) groups is 1. The van der Waals surface area contributed by atoms with E-state index in [0.29, 0.717) is 5.01 Å². The van der Waals surface area contributed by atoms with Crippen LogP contribution in [0.1, 0.15) is 15.4 Å². The summed E-state index contributed by atoms with van der Waals surface area (Å²) >= 11 is 1.40. The molecule has 32 heavy (non-hydrogen) atoms. The number of hydrogen-bond acceptors (Lipinski definition) is 5. The van der Waals surface area contributed by atoms with Gasteiger partial charge in [0.15, 0.2) is 5.01 Å². The van der Waals surface area contributed by atoms with E-state index in [4.69, 9.17) is 9.84 Å². The number of aromatic nitrogens is 3. The highest BCUT2D eigenvalue weighted by Crippen LogP contribution is 2.27. The zero-order chi connectivity index (χ0) is 21.9. The third kappa shape index (κ3) is 3.96. The van der Waals surface area contributed by atoms with Gasteiger partial charge in [-0.2, -0.15) is 5.10 Å². The van der Waals surface area contributed by atoms with Gasteiger partial charge in [0.2, 0.25) is 5.78 Å². The molecule has 0 aliphatic heterocycles. The van der Waals surface area contributed by atoms with Crippen molar-refractivity contribution in [1.82, 2.24) is 14.8 Å². The number of allylic oxidation sites excluding steroid dienone is 1. The van der Waals surface area contributed by atoms with Gasteiger partial charge in [-0.05, 0) is 60.7 Å². The van der Waals surface area contributed by atoms with E-state index in [0.717, 1.165) is 38.5 Å². The van der Waals surface area contributed by atoms with E-state index in [1.807, 2.05) is 89.7 Å². The predicted molar refractivity (Wildman–Crippen MR) is 129 cm³/mol. The van der Waals surface area contributed by atoms with Crippen LogP contribution in [-0.2, 0) is 0 Å². The number of rotatable bonds is 6. The largest absolute Gasteiger partial charge is 0.497 e.